The molecule has 3 fully saturated rings. The van der Waals surface area contributed by atoms with E-state index in [4.69, 9.17) is 11.6 Å². The number of likely N-dealkylation sites (N-methyl/N-ethyl adjacent to an activating group) is 1. The van der Waals surface area contributed by atoms with Crippen LogP contribution < -0.4 is 31.9 Å². The van der Waals surface area contributed by atoms with Crippen LogP contribution in [-0.4, -0.2) is 127 Å². The molecule has 0 radical (unpaired) electrons. The van der Waals surface area contributed by atoms with Crippen molar-refractivity contribution in [3.8, 4) is 34.2 Å². The third kappa shape index (κ3) is 12.3. The molecule has 12 rings (SSSR count). The number of nitrogens with one attached hydrogen (secondary N) is 9. The summed E-state index contributed by atoms with van der Waals surface area (Å²) in [6.07, 6.45) is 14.7. The number of anilines is 3. The lowest BCUT2D eigenvalue weighted by molar-refractivity contribution is -0.139. The molecule has 0 saturated heterocycles. The van der Waals surface area contributed by atoms with E-state index in [1.165, 1.54) is 24.5 Å². The van der Waals surface area contributed by atoms with E-state index >= 15 is 0 Å². The van der Waals surface area contributed by atoms with Crippen LogP contribution in [-0.2, 0) is 14.4 Å². The molecule has 81 heavy (non-hydrogen) atoms. The SMILES string of the molecule is CCNC(=O)C1(Nc2ccnc(-c3c[nH]c4ncc(F)cc34)n2)CCC1.O=C(NCC(F)(F)F)C1(Nc2ccnc(-c3c[nH]c4ncc(Cl)cc34)n2)CC1.O=C(NCCF)C1(Nc2ccnc(-c3c[nH]c4ncc(F)cc34)n2)CCC1. The molecule has 3 aliphatic carbocycles. The Balaban J connectivity index is 0.000000136. The molecule has 0 spiro atoms. The summed E-state index contributed by atoms with van der Waals surface area (Å²) in [4.78, 5) is 84.3. The predicted octanol–water partition coefficient (Wildman–Crippen LogP) is 8.51. The lowest BCUT2D eigenvalue weighted by Crippen LogP contribution is -2.57. The van der Waals surface area contributed by atoms with Gasteiger partial charge in [-0.05, 0) is 94.7 Å². The number of rotatable bonds is 16. The number of pyridine rings is 3. The fraction of sp³-hybridized carbons (Fsp3) is 0.321. The van der Waals surface area contributed by atoms with Gasteiger partial charge in [-0.3, -0.25) is 14.4 Å². The highest BCUT2D eigenvalue weighted by molar-refractivity contribution is 6.31. The second kappa shape index (κ2) is 23.0. The van der Waals surface area contributed by atoms with Crippen LogP contribution in [0.4, 0.5) is 43.8 Å². The van der Waals surface area contributed by atoms with Crippen molar-refractivity contribution in [3.05, 3.63) is 109 Å². The Hall–Kier alpha value is -9.01. The van der Waals surface area contributed by atoms with Crippen LogP contribution in [0.3, 0.4) is 0 Å². The molecule has 0 atom stereocenters. The van der Waals surface area contributed by atoms with Crippen LogP contribution >= 0.6 is 11.6 Å². The summed E-state index contributed by atoms with van der Waals surface area (Å²) >= 11 is 6.00. The van der Waals surface area contributed by atoms with Gasteiger partial charge >= 0.3 is 6.18 Å². The number of aromatic amines is 3. The first-order valence-electron chi connectivity index (χ1n) is 25.7. The lowest BCUT2D eigenvalue weighted by Gasteiger charge is -2.41. The third-order valence-electron chi connectivity index (χ3n) is 13.9. The van der Waals surface area contributed by atoms with Crippen LogP contribution in [0.2, 0.25) is 5.02 Å². The van der Waals surface area contributed by atoms with Gasteiger partial charge in [0, 0.05) is 89.3 Å². The molecule has 0 bridgehead atoms. The molecular weight excluding hydrogens is 1090 g/mol. The maximum atomic E-state index is 13.6. The van der Waals surface area contributed by atoms with Gasteiger partial charge in [0.15, 0.2) is 17.5 Å². The largest absolute Gasteiger partial charge is 0.405 e. The quantitative estimate of drug-likeness (QED) is 0.0410. The van der Waals surface area contributed by atoms with Gasteiger partial charge in [0.1, 0.15) is 75.9 Å². The van der Waals surface area contributed by atoms with Crippen molar-refractivity contribution in [1.29, 1.82) is 0 Å². The summed E-state index contributed by atoms with van der Waals surface area (Å²) in [5, 5.41) is 19.2. The standard InChI is InChI=1S/C18H18F2N6O.C18H19FN6O.C17H14ClF3N6O/c19-5-7-22-17(27)18(3-1-4-18)26-14-2-6-21-16(25-14)13-10-24-15-12(13)8-11(20)9-23-15;1-2-20-17(26)18(5-3-6-18)25-14-4-7-21-16(24-14)13-10-23-15-12(13)8-11(19)9-22-15;18-9-5-10-11(7-24-13(10)23-6-9)14-22-4-1-12(26-14)27-16(2-3-16)15(28)25-8-17(19,20)21/h2,6,8-10H,1,3-5,7H2,(H,22,27)(H,23,24)(H,21,25,26);4,7-10H,2-3,5-6H2,1H3,(H,20,26)(H,22,23)(H,21,24,25);1,4-7H,2-3,8H2,(H,23,24)(H,25,28)(H,22,26,27). The summed E-state index contributed by atoms with van der Waals surface area (Å²) in [6, 6.07) is 9.46. The number of fused-ring (bicyclic) bond motifs is 3. The normalized spacial score (nSPS) is 15.4. The van der Waals surface area contributed by atoms with Gasteiger partial charge in [-0.1, -0.05) is 11.6 Å². The highest BCUT2D eigenvalue weighted by Gasteiger charge is 2.51. The Kier molecular flexibility index (Phi) is 15.7. The van der Waals surface area contributed by atoms with E-state index in [0.717, 1.165) is 43.5 Å². The number of hydrogen-bond donors (Lipinski definition) is 9. The minimum Gasteiger partial charge on any atom is -0.356 e. The van der Waals surface area contributed by atoms with Gasteiger partial charge in [-0.25, -0.2) is 58.0 Å². The van der Waals surface area contributed by atoms with Crippen LogP contribution in [0.15, 0.2) is 92.2 Å². The minimum atomic E-state index is -4.46. The fourth-order valence-electron chi connectivity index (χ4n) is 9.32. The number of nitrogens with zero attached hydrogens (tertiary/aromatic N) is 9. The molecule has 9 N–H and O–H groups in total. The predicted molar refractivity (Wildman–Crippen MR) is 289 cm³/mol. The van der Waals surface area contributed by atoms with Crippen LogP contribution in [0.1, 0.15) is 58.3 Å². The highest BCUT2D eigenvalue weighted by Crippen LogP contribution is 2.40. The average Bonchev–Trinajstić information content (AvgIpc) is 4.01. The molecule has 28 heteroatoms. The van der Waals surface area contributed by atoms with E-state index in [2.05, 4.69) is 86.4 Å². The van der Waals surface area contributed by atoms with Gasteiger partial charge in [0.05, 0.1) is 17.4 Å². The summed E-state index contributed by atoms with van der Waals surface area (Å²) < 4.78 is 76.5. The maximum absolute atomic E-state index is 13.6. The molecular formula is C53H51ClF6N18O3. The highest BCUT2D eigenvalue weighted by atomic mass is 35.5. The lowest BCUT2D eigenvalue weighted by atomic mass is 9.76. The second-order valence-electron chi connectivity index (χ2n) is 19.5. The molecule has 9 aromatic rings. The summed E-state index contributed by atoms with van der Waals surface area (Å²) in [6.45, 7) is 0.506. The Labute approximate surface area is 461 Å². The van der Waals surface area contributed by atoms with Gasteiger partial charge in [0.2, 0.25) is 17.7 Å². The molecule has 0 unspecified atom stereocenters. The van der Waals surface area contributed by atoms with E-state index in [1.807, 2.05) is 12.2 Å². The minimum absolute atomic E-state index is 0.00874. The molecule has 3 aliphatic rings. The Morgan fingerprint density at radius 1 is 0.568 bits per heavy atom. The monoisotopic (exact) mass is 1140 g/mol. The number of carbonyl (C=O) groups excluding carboxylic acids is 3. The van der Waals surface area contributed by atoms with Crippen LogP contribution in [0, 0.1) is 11.6 Å². The molecule has 9 heterocycles. The number of H-pyrrole nitrogens is 3. The van der Waals surface area contributed by atoms with Crippen molar-refractivity contribution < 1.29 is 40.7 Å². The summed E-state index contributed by atoms with van der Waals surface area (Å²) in [5.41, 5.74) is 1.19. The molecule has 0 aromatic carbocycles. The molecule has 3 amide bonds. The number of halogens is 7. The van der Waals surface area contributed by atoms with Gasteiger partial charge in [-0.2, -0.15) is 13.2 Å². The van der Waals surface area contributed by atoms with Gasteiger partial charge in [0.25, 0.3) is 0 Å². The van der Waals surface area contributed by atoms with Crippen LogP contribution in [0.25, 0.3) is 67.3 Å². The zero-order valence-corrected chi connectivity index (χ0v) is 43.8. The van der Waals surface area contributed by atoms with Crippen molar-refractivity contribution in [1.82, 2.24) is 75.8 Å². The fourth-order valence-corrected chi connectivity index (χ4v) is 9.48. The maximum Gasteiger partial charge on any atom is 0.405 e. The average molecular weight is 1140 g/mol. The zero-order chi connectivity index (χ0) is 56.9. The third-order valence-corrected chi connectivity index (χ3v) is 14.1. The van der Waals surface area contributed by atoms with Gasteiger partial charge in [-0.15, -0.1) is 0 Å². The van der Waals surface area contributed by atoms with E-state index in [9.17, 15) is 40.7 Å². The molecule has 3 saturated carbocycles. The second-order valence-corrected chi connectivity index (χ2v) is 19.9. The smallest absolute Gasteiger partial charge is 0.356 e. The Morgan fingerprint density at radius 3 is 1.35 bits per heavy atom. The van der Waals surface area contributed by atoms with Gasteiger partial charge < -0.3 is 46.9 Å². The Bertz CT molecular complexity index is 3770. The first-order chi connectivity index (χ1) is 39.0. The summed E-state index contributed by atoms with van der Waals surface area (Å²) in [7, 11) is 0. The van der Waals surface area contributed by atoms with Crippen molar-refractivity contribution >= 4 is 79.9 Å². The number of alkyl halides is 4. The number of hydrogen-bond acceptors (Lipinski definition) is 15. The topological polar surface area (TPSA) is 287 Å². The Morgan fingerprint density at radius 2 is 0.963 bits per heavy atom. The summed E-state index contributed by atoms with van der Waals surface area (Å²) in [5.74, 6) is 0.779. The van der Waals surface area contributed by atoms with Crippen LogP contribution in [0.5, 0.6) is 0 Å². The first-order valence-corrected chi connectivity index (χ1v) is 26.1. The van der Waals surface area contributed by atoms with Crippen molar-refractivity contribution in [2.45, 2.75) is 81.1 Å². The number of aromatic nitrogens is 12. The number of amides is 3. The van der Waals surface area contributed by atoms with E-state index in [-0.39, 0.29) is 18.4 Å². The van der Waals surface area contributed by atoms with Crippen molar-refractivity contribution in [2.24, 2.45) is 0 Å². The molecule has 0 aliphatic heterocycles. The van der Waals surface area contributed by atoms with Crippen molar-refractivity contribution in [2.75, 3.05) is 42.3 Å². The van der Waals surface area contributed by atoms with E-state index < -0.39 is 53.6 Å². The van der Waals surface area contributed by atoms with E-state index in [1.54, 1.807) is 55.2 Å². The van der Waals surface area contributed by atoms with E-state index in [0.29, 0.717) is 117 Å². The molecule has 21 nitrogen and oxygen atoms in total. The molecule has 420 valence electrons. The first kappa shape index (κ1) is 55.3. The number of carbonyl (C=O) groups is 3. The zero-order valence-electron chi connectivity index (χ0n) is 43.0. The van der Waals surface area contributed by atoms with Crippen molar-refractivity contribution in [3.63, 3.8) is 0 Å². The molecule has 9 aromatic heterocycles.